The number of ether oxygens (including phenoxy) is 1. The van der Waals surface area contributed by atoms with Crippen LogP contribution in [0.4, 0.5) is 0 Å². The van der Waals surface area contributed by atoms with E-state index in [4.69, 9.17) is 13.5 Å². The maximum atomic E-state index is 12.5. The number of furan rings is 1. The number of rotatable bonds is 8. The smallest absolute Gasteiger partial charge is 0.341 e. The van der Waals surface area contributed by atoms with Crippen molar-refractivity contribution in [3.8, 4) is 0 Å². The third kappa shape index (κ3) is 3.79. The summed E-state index contributed by atoms with van der Waals surface area (Å²) in [7, 11) is -2.25. The van der Waals surface area contributed by atoms with Crippen LogP contribution in [0.2, 0.25) is 0 Å². The van der Waals surface area contributed by atoms with Crippen LogP contribution in [0.15, 0.2) is 10.7 Å². The molecule has 112 valence electrons. The standard InChI is InChI=1S/C12H17O7P/c1-4-18-20(15,19-5-2)8-10-9(12(14)16-3)7-17-11(10)6-13/h6-7H,4-5,8H2,1-3H3. The highest BCUT2D eigenvalue weighted by Gasteiger charge is 2.31. The Morgan fingerprint density at radius 2 is 1.95 bits per heavy atom. The Labute approximate surface area is 116 Å². The number of esters is 1. The van der Waals surface area contributed by atoms with Gasteiger partial charge in [0.2, 0.25) is 0 Å². The van der Waals surface area contributed by atoms with Gasteiger partial charge in [-0.15, -0.1) is 0 Å². The predicted molar refractivity (Wildman–Crippen MR) is 70.0 cm³/mol. The number of hydrogen-bond donors (Lipinski definition) is 0. The summed E-state index contributed by atoms with van der Waals surface area (Å²) < 4.78 is 32.3. The zero-order valence-corrected chi connectivity index (χ0v) is 12.5. The summed E-state index contributed by atoms with van der Waals surface area (Å²) >= 11 is 0. The Bertz CT molecular complexity index is 510. The van der Waals surface area contributed by atoms with Gasteiger partial charge in [0.05, 0.1) is 26.5 Å². The first-order valence-corrected chi connectivity index (χ1v) is 7.76. The quantitative estimate of drug-likeness (QED) is 0.414. The summed E-state index contributed by atoms with van der Waals surface area (Å²) in [5.74, 6) is -0.776. The molecule has 0 radical (unpaired) electrons. The Kier molecular flexibility index (Phi) is 6.13. The van der Waals surface area contributed by atoms with Crippen LogP contribution in [-0.2, 0) is 24.5 Å². The molecular formula is C12H17O7P. The molecule has 0 spiro atoms. The second kappa shape index (κ2) is 7.38. The van der Waals surface area contributed by atoms with Gasteiger partial charge in [-0.25, -0.2) is 4.79 Å². The molecule has 0 fully saturated rings. The van der Waals surface area contributed by atoms with Gasteiger partial charge in [-0.2, -0.15) is 0 Å². The molecule has 1 aromatic rings. The molecule has 0 N–H and O–H groups in total. The van der Waals surface area contributed by atoms with Crippen LogP contribution < -0.4 is 0 Å². The lowest BCUT2D eigenvalue weighted by Crippen LogP contribution is -2.07. The van der Waals surface area contributed by atoms with Crippen molar-refractivity contribution >= 4 is 19.9 Å². The summed E-state index contributed by atoms with van der Waals surface area (Å²) in [5, 5.41) is 0. The summed E-state index contributed by atoms with van der Waals surface area (Å²) in [6, 6.07) is 0. The molecule has 0 unspecified atom stereocenters. The topological polar surface area (TPSA) is 92.0 Å². The zero-order valence-electron chi connectivity index (χ0n) is 11.6. The summed E-state index contributed by atoms with van der Waals surface area (Å²) in [4.78, 5) is 22.5. The molecule has 0 atom stereocenters. The van der Waals surface area contributed by atoms with E-state index < -0.39 is 13.6 Å². The first kappa shape index (κ1) is 16.6. The first-order valence-electron chi connectivity index (χ1n) is 6.03. The number of hydrogen-bond acceptors (Lipinski definition) is 7. The van der Waals surface area contributed by atoms with Crippen molar-refractivity contribution < 1.29 is 32.4 Å². The number of aldehydes is 1. The molecule has 0 aromatic carbocycles. The highest BCUT2D eigenvalue weighted by molar-refractivity contribution is 7.53. The lowest BCUT2D eigenvalue weighted by molar-refractivity contribution is 0.0599. The molecule has 1 rings (SSSR count). The molecule has 0 aliphatic rings. The molecule has 20 heavy (non-hydrogen) atoms. The fourth-order valence-corrected chi connectivity index (χ4v) is 3.41. The average molecular weight is 304 g/mol. The second-order valence-corrected chi connectivity index (χ2v) is 5.76. The molecule has 8 heteroatoms. The van der Waals surface area contributed by atoms with E-state index in [1.807, 2.05) is 0 Å². The van der Waals surface area contributed by atoms with Gasteiger partial charge in [0.1, 0.15) is 11.8 Å². The van der Waals surface area contributed by atoms with E-state index in [0.717, 1.165) is 6.26 Å². The van der Waals surface area contributed by atoms with Crippen LogP contribution in [0.1, 0.15) is 40.3 Å². The molecule has 0 aliphatic carbocycles. The lowest BCUT2D eigenvalue weighted by atomic mass is 10.2. The number of methoxy groups -OCH3 is 1. The minimum Gasteiger partial charge on any atom is -0.465 e. The van der Waals surface area contributed by atoms with Crippen molar-refractivity contribution in [2.24, 2.45) is 0 Å². The lowest BCUT2D eigenvalue weighted by Gasteiger charge is -2.16. The molecule has 0 saturated carbocycles. The van der Waals surface area contributed by atoms with Crippen LogP contribution in [0.3, 0.4) is 0 Å². The third-order valence-corrected chi connectivity index (χ3v) is 4.45. The summed E-state index contributed by atoms with van der Waals surface area (Å²) in [5.41, 5.74) is 0.200. The van der Waals surface area contributed by atoms with Crippen LogP contribution in [0.25, 0.3) is 0 Å². The van der Waals surface area contributed by atoms with E-state index in [1.165, 1.54) is 7.11 Å². The molecule has 0 saturated heterocycles. The fourth-order valence-electron chi connectivity index (χ4n) is 1.66. The molecule has 0 amide bonds. The minimum absolute atomic E-state index is 0.0363. The Hall–Kier alpha value is -1.43. The third-order valence-electron chi connectivity index (χ3n) is 2.44. The van der Waals surface area contributed by atoms with Crippen LogP contribution >= 0.6 is 7.60 Å². The van der Waals surface area contributed by atoms with E-state index in [0.29, 0.717) is 6.29 Å². The average Bonchev–Trinajstić information content (AvgIpc) is 2.80. The van der Waals surface area contributed by atoms with Gasteiger partial charge >= 0.3 is 13.6 Å². The largest absolute Gasteiger partial charge is 0.465 e. The van der Waals surface area contributed by atoms with Crippen LogP contribution in [0, 0.1) is 0 Å². The summed E-state index contributed by atoms with van der Waals surface area (Å²) in [6.07, 6.45) is 1.29. The first-order chi connectivity index (χ1) is 9.51. The maximum Gasteiger partial charge on any atom is 0.341 e. The van der Waals surface area contributed by atoms with Gasteiger partial charge in [-0.3, -0.25) is 9.36 Å². The molecule has 7 nitrogen and oxygen atoms in total. The van der Waals surface area contributed by atoms with Crippen molar-refractivity contribution in [3.63, 3.8) is 0 Å². The molecular weight excluding hydrogens is 287 g/mol. The van der Waals surface area contributed by atoms with E-state index in [-0.39, 0.29) is 36.3 Å². The van der Waals surface area contributed by atoms with E-state index >= 15 is 0 Å². The van der Waals surface area contributed by atoms with Crippen LogP contribution in [-0.4, -0.2) is 32.6 Å². The highest BCUT2D eigenvalue weighted by atomic mass is 31.2. The van der Waals surface area contributed by atoms with Gasteiger partial charge in [0, 0.05) is 5.56 Å². The Balaban J connectivity index is 3.16. The molecule has 1 aromatic heterocycles. The van der Waals surface area contributed by atoms with Crippen molar-refractivity contribution in [3.05, 3.63) is 23.2 Å². The summed E-state index contributed by atoms with van der Waals surface area (Å²) in [6.45, 7) is 3.70. The number of carbonyl (C=O) groups excluding carboxylic acids is 2. The van der Waals surface area contributed by atoms with Gasteiger partial charge in [-0.1, -0.05) is 0 Å². The normalized spacial score (nSPS) is 11.3. The monoisotopic (exact) mass is 304 g/mol. The maximum absolute atomic E-state index is 12.5. The van der Waals surface area contributed by atoms with Crippen molar-refractivity contribution in [2.75, 3.05) is 20.3 Å². The van der Waals surface area contributed by atoms with Gasteiger partial charge in [0.15, 0.2) is 12.0 Å². The predicted octanol–water partition coefficient (Wildman–Crippen LogP) is 2.64. The van der Waals surface area contributed by atoms with E-state index in [9.17, 15) is 14.2 Å². The Morgan fingerprint density at radius 3 is 2.40 bits per heavy atom. The molecule has 0 bridgehead atoms. The van der Waals surface area contributed by atoms with Crippen molar-refractivity contribution in [1.82, 2.24) is 0 Å². The van der Waals surface area contributed by atoms with Gasteiger partial charge < -0.3 is 18.2 Å². The zero-order chi connectivity index (χ0) is 15.2. The molecule has 1 heterocycles. The Morgan fingerprint density at radius 1 is 1.35 bits per heavy atom. The van der Waals surface area contributed by atoms with Gasteiger partial charge in [-0.05, 0) is 13.8 Å². The van der Waals surface area contributed by atoms with E-state index in [1.54, 1.807) is 13.8 Å². The fraction of sp³-hybridized carbons (Fsp3) is 0.500. The highest BCUT2D eigenvalue weighted by Crippen LogP contribution is 2.52. The van der Waals surface area contributed by atoms with Crippen molar-refractivity contribution in [1.29, 1.82) is 0 Å². The SMILES string of the molecule is CCOP(=O)(Cc1c(C(=O)OC)coc1C=O)OCC. The number of carbonyl (C=O) groups is 2. The second-order valence-electron chi connectivity index (χ2n) is 3.71. The molecule has 0 aliphatic heterocycles. The van der Waals surface area contributed by atoms with Crippen LogP contribution in [0.5, 0.6) is 0 Å². The van der Waals surface area contributed by atoms with Gasteiger partial charge in [0.25, 0.3) is 0 Å². The van der Waals surface area contributed by atoms with Crippen molar-refractivity contribution in [2.45, 2.75) is 20.0 Å². The van der Waals surface area contributed by atoms with E-state index in [2.05, 4.69) is 4.74 Å². The minimum atomic E-state index is -3.45.